The van der Waals surface area contributed by atoms with Crippen LogP contribution in [0.5, 0.6) is 11.5 Å². The van der Waals surface area contributed by atoms with Gasteiger partial charge < -0.3 is 14.4 Å². The van der Waals surface area contributed by atoms with Gasteiger partial charge in [-0.2, -0.15) is 0 Å². The van der Waals surface area contributed by atoms with E-state index in [-0.39, 0.29) is 18.4 Å². The normalized spacial score (nSPS) is 11.3. The van der Waals surface area contributed by atoms with Crippen molar-refractivity contribution in [3.63, 3.8) is 0 Å². The van der Waals surface area contributed by atoms with Crippen molar-refractivity contribution in [3.05, 3.63) is 59.7 Å². The molecule has 1 unspecified atom stereocenters. The maximum atomic E-state index is 12.1. The fraction of sp³-hybridized carbons (Fsp3) is 0.263. The summed E-state index contributed by atoms with van der Waals surface area (Å²) in [4.78, 5) is 24.9. The van der Waals surface area contributed by atoms with Gasteiger partial charge in [-0.25, -0.2) is 0 Å². The van der Waals surface area contributed by atoms with Crippen LogP contribution in [0.1, 0.15) is 15.9 Å². The van der Waals surface area contributed by atoms with Crippen LogP contribution in [-0.2, 0) is 11.3 Å². The van der Waals surface area contributed by atoms with Crippen molar-refractivity contribution in [2.24, 2.45) is 0 Å². The van der Waals surface area contributed by atoms with E-state index in [1.54, 1.807) is 38.5 Å². The molecule has 0 saturated heterocycles. The molecule has 0 aliphatic heterocycles. The number of carbonyl (C=O) groups excluding carboxylic acids is 2. The Balaban J connectivity index is 1.87. The topological polar surface area (TPSA) is 81.1 Å². The maximum Gasteiger partial charge on any atom is 0.293 e. The Morgan fingerprint density at radius 2 is 1.69 bits per heavy atom. The lowest BCUT2D eigenvalue weighted by atomic mass is 10.1. The average molecular weight is 358 g/mol. The van der Waals surface area contributed by atoms with E-state index in [9.17, 15) is 9.59 Å². The molecule has 3 N–H and O–H groups in total. The van der Waals surface area contributed by atoms with Crippen molar-refractivity contribution in [1.82, 2.24) is 10.9 Å². The molecule has 2 aromatic rings. The molecule has 2 rings (SSSR count). The van der Waals surface area contributed by atoms with E-state index in [4.69, 9.17) is 9.47 Å². The molecular weight excluding hydrogens is 334 g/mol. The summed E-state index contributed by atoms with van der Waals surface area (Å²) in [6.07, 6.45) is 0. The molecule has 0 heterocycles. The summed E-state index contributed by atoms with van der Waals surface area (Å²) in [5.74, 6) is 0.671. The Morgan fingerprint density at radius 1 is 0.962 bits per heavy atom. The summed E-state index contributed by atoms with van der Waals surface area (Å²) in [5, 5.41) is 0. The van der Waals surface area contributed by atoms with Gasteiger partial charge in [-0.15, -0.1) is 0 Å². The molecule has 1 atom stereocenters. The van der Waals surface area contributed by atoms with Crippen LogP contribution >= 0.6 is 0 Å². The Labute approximate surface area is 152 Å². The minimum absolute atomic E-state index is 0.190. The highest BCUT2D eigenvalue weighted by atomic mass is 16.5. The van der Waals surface area contributed by atoms with Crippen LogP contribution in [0.15, 0.2) is 48.5 Å². The third-order valence-corrected chi connectivity index (χ3v) is 3.79. The number of quaternary nitrogens is 1. The third kappa shape index (κ3) is 5.22. The molecular formula is C19H24N3O4+. The molecule has 0 radical (unpaired) electrons. The first-order valence-corrected chi connectivity index (χ1v) is 8.20. The van der Waals surface area contributed by atoms with E-state index in [0.717, 1.165) is 10.5 Å². The van der Waals surface area contributed by atoms with Gasteiger partial charge in [-0.05, 0) is 24.3 Å². The average Bonchev–Trinajstić information content (AvgIpc) is 2.66. The van der Waals surface area contributed by atoms with Crippen molar-refractivity contribution < 1.29 is 24.0 Å². The smallest absolute Gasteiger partial charge is 0.293 e. The van der Waals surface area contributed by atoms with Gasteiger partial charge in [-0.1, -0.05) is 24.3 Å². The number of para-hydroxylation sites is 1. The number of amides is 2. The van der Waals surface area contributed by atoms with Gasteiger partial charge in [0.2, 0.25) is 0 Å². The number of ether oxygens (including phenoxy) is 2. The summed E-state index contributed by atoms with van der Waals surface area (Å²) >= 11 is 0. The molecule has 138 valence electrons. The predicted molar refractivity (Wildman–Crippen MR) is 97.1 cm³/mol. The van der Waals surface area contributed by atoms with Gasteiger partial charge in [0.15, 0.2) is 18.0 Å². The Kier molecular flexibility index (Phi) is 6.99. The van der Waals surface area contributed by atoms with E-state index >= 15 is 0 Å². The lowest BCUT2D eigenvalue weighted by Crippen LogP contribution is -3.09. The number of benzene rings is 2. The second-order valence-electron chi connectivity index (χ2n) is 5.83. The summed E-state index contributed by atoms with van der Waals surface area (Å²) < 4.78 is 10.7. The number of methoxy groups -OCH3 is 2. The lowest BCUT2D eigenvalue weighted by Gasteiger charge is -2.17. The highest BCUT2D eigenvalue weighted by Crippen LogP contribution is 2.29. The van der Waals surface area contributed by atoms with Crippen LogP contribution in [0, 0.1) is 0 Å². The summed E-state index contributed by atoms with van der Waals surface area (Å²) in [6.45, 7) is 0.760. The van der Waals surface area contributed by atoms with Gasteiger partial charge in [-0.3, -0.25) is 20.4 Å². The summed E-state index contributed by atoms with van der Waals surface area (Å²) in [5.41, 5.74) is 6.26. The van der Waals surface area contributed by atoms with Crippen molar-refractivity contribution in [2.45, 2.75) is 6.54 Å². The van der Waals surface area contributed by atoms with E-state index in [1.807, 2.05) is 31.3 Å². The molecule has 7 nitrogen and oxygen atoms in total. The first-order valence-electron chi connectivity index (χ1n) is 8.20. The zero-order valence-electron chi connectivity index (χ0n) is 15.2. The Morgan fingerprint density at radius 3 is 2.35 bits per heavy atom. The van der Waals surface area contributed by atoms with Crippen LogP contribution in [0.4, 0.5) is 0 Å². The van der Waals surface area contributed by atoms with E-state index in [1.165, 1.54) is 0 Å². The van der Waals surface area contributed by atoms with Gasteiger partial charge >= 0.3 is 0 Å². The molecule has 26 heavy (non-hydrogen) atoms. The van der Waals surface area contributed by atoms with E-state index in [0.29, 0.717) is 23.6 Å². The number of rotatable bonds is 7. The van der Waals surface area contributed by atoms with E-state index < -0.39 is 0 Å². The fourth-order valence-electron chi connectivity index (χ4n) is 2.59. The predicted octanol–water partition coefficient (Wildman–Crippen LogP) is 0.180. The molecule has 0 aliphatic rings. The molecule has 0 spiro atoms. The highest BCUT2D eigenvalue weighted by molar-refractivity contribution is 5.95. The summed E-state index contributed by atoms with van der Waals surface area (Å²) in [6, 6.07) is 14.3. The fourth-order valence-corrected chi connectivity index (χ4v) is 2.59. The van der Waals surface area contributed by atoms with Gasteiger partial charge in [0, 0.05) is 5.56 Å². The SMILES string of the molecule is COc1cccc(C[NH+](C)CC(=O)NNC(=O)c2ccccc2)c1OC. The van der Waals surface area contributed by atoms with E-state index in [2.05, 4.69) is 10.9 Å². The van der Waals surface area contributed by atoms with Crippen molar-refractivity contribution in [1.29, 1.82) is 0 Å². The number of nitrogens with one attached hydrogen (secondary N) is 3. The number of hydrogen-bond donors (Lipinski definition) is 3. The second kappa shape index (κ2) is 9.43. The summed E-state index contributed by atoms with van der Waals surface area (Å²) in [7, 11) is 5.06. The van der Waals surface area contributed by atoms with Gasteiger partial charge in [0.1, 0.15) is 6.54 Å². The number of hydrazine groups is 1. The first-order chi connectivity index (χ1) is 12.5. The quantitative estimate of drug-likeness (QED) is 0.617. The first kappa shape index (κ1) is 19.3. The highest BCUT2D eigenvalue weighted by Gasteiger charge is 2.16. The molecule has 0 saturated carbocycles. The number of hydrogen-bond acceptors (Lipinski definition) is 4. The molecule has 2 aromatic carbocycles. The maximum absolute atomic E-state index is 12.1. The minimum atomic E-state index is -0.355. The van der Waals surface area contributed by atoms with Crippen molar-refractivity contribution in [2.75, 3.05) is 27.8 Å². The van der Waals surface area contributed by atoms with Crippen LogP contribution in [-0.4, -0.2) is 39.6 Å². The van der Waals surface area contributed by atoms with Gasteiger partial charge in [0.25, 0.3) is 11.8 Å². The molecule has 7 heteroatoms. The minimum Gasteiger partial charge on any atom is -0.493 e. The molecule has 2 amide bonds. The molecule has 0 aliphatic carbocycles. The van der Waals surface area contributed by atoms with Crippen LogP contribution in [0.25, 0.3) is 0 Å². The Bertz CT molecular complexity index is 750. The van der Waals surface area contributed by atoms with Crippen LogP contribution < -0.4 is 25.2 Å². The number of likely N-dealkylation sites (N-methyl/N-ethyl adjacent to an activating group) is 1. The molecule has 0 bridgehead atoms. The van der Waals surface area contributed by atoms with Crippen molar-refractivity contribution >= 4 is 11.8 Å². The largest absolute Gasteiger partial charge is 0.493 e. The Hall–Kier alpha value is -3.06. The third-order valence-electron chi connectivity index (χ3n) is 3.79. The van der Waals surface area contributed by atoms with Crippen LogP contribution in [0.3, 0.4) is 0 Å². The standard InChI is InChI=1S/C19H23N3O4/c1-22(12-15-10-7-11-16(25-2)18(15)26-3)13-17(23)20-21-19(24)14-8-5-4-6-9-14/h4-11H,12-13H2,1-3H3,(H,20,23)(H,21,24)/p+1. The molecule has 0 fully saturated rings. The van der Waals surface area contributed by atoms with Gasteiger partial charge in [0.05, 0.1) is 26.8 Å². The number of carbonyl (C=O) groups is 2. The molecule has 0 aromatic heterocycles. The second-order valence-corrected chi connectivity index (χ2v) is 5.83. The van der Waals surface area contributed by atoms with Crippen LogP contribution in [0.2, 0.25) is 0 Å². The zero-order valence-corrected chi connectivity index (χ0v) is 15.2. The lowest BCUT2D eigenvalue weighted by molar-refractivity contribution is -0.885. The zero-order chi connectivity index (χ0) is 18.9. The monoisotopic (exact) mass is 358 g/mol. The van der Waals surface area contributed by atoms with Crippen molar-refractivity contribution in [3.8, 4) is 11.5 Å².